The third kappa shape index (κ3) is 3.37. The molecule has 4 rings (SSSR count). The van der Waals surface area contributed by atoms with Crippen molar-refractivity contribution in [2.24, 2.45) is 0 Å². The molecule has 0 atom stereocenters. The predicted molar refractivity (Wildman–Crippen MR) is 109 cm³/mol. The van der Waals surface area contributed by atoms with Gasteiger partial charge in [0.25, 0.3) is 0 Å². The number of benzene rings is 2. The van der Waals surface area contributed by atoms with Crippen molar-refractivity contribution in [2.75, 3.05) is 5.32 Å². The number of hydrogen-bond acceptors (Lipinski definition) is 4. The lowest BCUT2D eigenvalue weighted by Crippen LogP contribution is -1.98. The molecule has 0 fully saturated rings. The van der Waals surface area contributed by atoms with Crippen molar-refractivity contribution in [2.45, 2.75) is 13.3 Å². The fourth-order valence-corrected chi connectivity index (χ4v) is 3.77. The molecule has 26 heavy (non-hydrogen) atoms. The van der Waals surface area contributed by atoms with Crippen LogP contribution in [0.2, 0.25) is 0 Å². The first-order chi connectivity index (χ1) is 12.7. The highest BCUT2D eigenvalue weighted by molar-refractivity contribution is 7.13. The molecule has 0 amide bonds. The standard InChI is InChI=1S/C22H18N2OS/c1-15(25)13-16-8-10-17(11-9-16)24-22-18-5-2-3-6-20(18)23-14-19(22)21-7-4-12-26-21/h2-12,14H,13H2,1H3,(H,23,24). The van der Waals surface area contributed by atoms with Crippen LogP contribution in [0.4, 0.5) is 11.4 Å². The van der Waals surface area contributed by atoms with Crippen molar-refractivity contribution in [1.29, 1.82) is 0 Å². The van der Waals surface area contributed by atoms with Gasteiger partial charge in [0.15, 0.2) is 0 Å². The molecule has 0 aliphatic heterocycles. The Bertz CT molecular complexity index is 1050. The molecule has 0 saturated heterocycles. The van der Waals surface area contributed by atoms with E-state index in [1.165, 1.54) is 4.88 Å². The number of carbonyl (C=O) groups excluding carboxylic acids is 1. The van der Waals surface area contributed by atoms with Crippen LogP contribution in [0.15, 0.2) is 72.2 Å². The Morgan fingerprint density at radius 3 is 2.58 bits per heavy atom. The molecule has 2 aromatic heterocycles. The third-order valence-electron chi connectivity index (χ3n) is 4.24. The van der Waals surface area contributed by atoms with E-state index in [0.29, 0.717) is 6.42 Å². The fraction of sp³-hybridized carbons (Fsp3) is 0.0909. The normalized spacial score (nSPS) is 10.8. The van der Waals surface area contributed by atoms with Gasteiger partial charge in [0.05, 0.1) is 11.2 Å². The van der Waals surface area contributed by atoms with Crippen LogP contribution in [0.5, 0.6) is 0 Å². The smallest absolute Gasteiger partial charge is 0.134 e. The molecular weight excluding hydrogens is 340 g/mol. The summed E-state index contributed by atoms with van der Waals surface area (Å²) in [7, 11) is 0. The van der Waals surface area contributed by atoms with E-state index >= 15 is 0 Å². The van der Waals surface area contributed by atoms with Gasteiger partial charge in [0, 0.05) is 34.1 Å². The molecular formula is C22H18N2OS. The lowest BCUT2D eigenvalue weighted by Gasteiger charge is -2.14. The molecule has 128 valence electrons. The number of thiophene rings is 1. The summed E-state index contributed by atoms with van der Waals surface area (Å²) in [5, 5.41) is 6.73. The molecule has 0 bridgehead atoms. The maximum absolute atomic E-state index is 11.3. The first-order valence-electron chi connectivity index (χ1n) is 8.48. The van der Waals surface area contributed by atoms with Gasteiger partial charge in [-0.25, -0.2) is 0 Å². The van der Waals surface area contributed by atoms with Gasteiger partial charge in [-0.2, -0.15) is 0 Å². The number of hydrogen-bond donors (Lipinski definition) is 1. The third-order valence-corrected chi connectivity index (χ3v) is 5.14. The monoisotopic (exact) mass is 358 g/mol. The summed E-state index contributed by atoms with van der Waals surface area (Å²) in [5.74, 6) is 0.172. The minimum atomic E-state index is 0.172. The van der Waals surface area contributed by atoms with Gasteiger partial charge in [-0.05, 0) is 42.1 Å². The van der Waals surface area contributed by atoms with Gasteiger partial charge in [0.1, 0.15) is 5.78 Å². The van der Waals surface area contributed by atoms with Crippen molar-refractivity contribution >= 4 is 39.4 Å². The number of fused-ring (bicyclic) bond motifs is 1. The summed E-state index contributed by atoms with van der Waals surface area (Å²) >= 11 is 1.70. The van der Waals surface area contributed by atoms with Crippen molar-refractivity contribution < 1.29 is 4.79 Å². The molecule has 0 radical (unpaired) electrons. The van der Waals surface area contributed by atoms with Gasteiger partial charge in [0.2, 0.25) is 0 Å². The summed E-state index contributed by atoms with van der Waals surface area (Å²) in [6, 6.07) is 20.3. The molecule has 0 aliphatic carbocycles. The molecule has 2 aromatic carbocycles. The summed E-state index contributed by atoms with van der Waals surface area (Å²) < 4.78 is 0. The molecule has 4 aromatic rings. The van der Waals surface area contributed by atoms with Crippen LogP contribution in [0.25, 0.3) is 21.3 Å². The van der Waals surface area contributed by atoms with E-state index in [1.807, 2.05) is 48.7 Å². The van der Waals surface area contributed by atoms with Crippen molar-refractivity contribution in [3.05, 3.63) is 77.8 Å². The summed E-state index contributed by atoms with van der Waals surface area (Å²) in [5.41, 5.74) is 5.12. The Balaban J connectivity index is 1.77. The quantitative estimate of drug-likeness (QED) is 0.487. The van der Waals surface area contributed by atoms with E-state index in [-0.39, 0.29) is 5.78 Å². The highest BCUT2D eigenvalue weighted by Crippen LogP contribution is 2.37. The molecule has 0 spiro atoms. The van der Waals surface area contributed by atoms with Crippen LogP contribution < -0.4 is 5.32 Å². The second kappa shape index (κ2) is 7.10. The number of aromatic nitrogens is 1. The van der Waals surface area contributed by atoms with E-state index < -0.39 is 0 Å². The first-order valence-corrected chi connectivity index (χ1v) is 9.36. The topological polar surface area (TPSA) is 42.0 Å². The van der Waals surface area contributed by atoms with E-state index in [1.54, 1.807) is 18.3 Å². The Labute approximate surface area is 156 Å². The predicted octanol–water partition coefficient (Wildman–Crippen LogP) is 5.84. The maximum Gasteiger partial charge on any atom is 0.134 e. The first kappa shape index (κ1) is 16.5. The Hall–Kier alpha value is -2.98. The van der Waals surface area contributed by atoms with Gasteiger partial charge < -0.3 is 5.32 Å². The SMILES string of the molecule is CC(=O)Cc1ccc(Nc2c(-c3cccs3)cnc3ccccc23)cc1. The molecule has 0 aliphatic rings. The number of para-hydroxylation sites is 1. The largest absolute Gasteiger partial charge is 0.354 e. The van der Waals surface area contributed by atoms with Gasteiger partial charge >= 0.3 is 0 Å². The highest BCUT2D eigenvalue weighted by Gasteiger charge is 2.12. The number of carbonyl (C=O) groups is 1. The summed E-state index contributed by atoms with van der Waals surface area (Å²) in [6.07, 6.45) is 2.40. The number of anilines is 2. The van der Waals surface area contributed by atoms with Crippen LogP contribution in [0.1, 0.15) is 12.5 Å². The average Bonchev–Trinajstić information content (AvgIpc) is 3.17. The van der Waals surface area contributed by atoms with Crippen molar-refractivity contribution in [3.63, 3.8) is 0 Å². The fourth-order valence-electron chi connectivity index (χ4n) is 3.03. The second-order valence-electron chi connectivity index (χ2n) is 6.24. The van der Waals surface area contributed by atoms with Crippen LogP contribution in [0, 0.1) is 0 Å². The highest BCUT2D eigenvalue weighted by atomic mass is 32.1. The Kier molecular flexibility index (Phi) is 4.50. The average molecular weight is 358 g/mol. The van der Waals surface area contributed by atoms with E-state index in [4.69, 9.17) is 0 Å². The number of ketones is 1. The van der Waals surface area contributed by atoms with E-state index in [0.717, 1.165) is 33.4 Å². The lowest BCUT2D eigenvalue weighted by molar-refractivity contribution is -0.116. The van der Waals surface area contributed by atoms with Crippen molar-refractivity contribution in [3.8, 4) is 10.4 Å². The number of pyridine rings is 1. The number of nitrogens with zero attached hydrogens (tertiary/aromatic N) is 1. The molecule has 0 unspecified atom stereocenters. The van der Waals surface area contributed by atoms with Gasteiger partial charge in [-0.1, -0.05) is 36.4 Å². The lowest BCUT2D eigenvalue weighted by atomic mass is 10.1. The zero-order valence-corrected chi connectivity index (χ0v) is 15.2. The molecule has 3 nitrogen and oxygen atoms in total. The van der Waals surface area contributed by atoms with Gasteiger partial charge in [-0.3, -0.25) is 9.78 Å². The number of Topliss-reactive ketones (excluding diaryl/α,β-unsaturated/α-hetero) is 1. The Morgan fingerprint density at radius 1 is 1.04 bits per heavy atom. The molecule has 2 heterocycles. The number of rotatable bonds is 5. The maximum atomic E-state index is 11.3. The summed E-state index contributed by atoms with van der Waals surface area (Å²) in [4.78, 5) is 17.1. The Morgan fingerprint density at radius 2 is 1.85 bits per heavy atom. The molecule has 0 saturated carbocycles. The van der Waals surface area contributed by atoms with E-state index in [9.17, 15) is 4.79 Å². The van der Waals surface area contributed by atoms with Crippen LogP contribution in [0.3, 0.4) is 0 Å². The number of nitrogens with one attached hydrogen (secondary N) is 1. The zero-order chi connectivity index (χ0) is 17.9. The summed E-state index contributed by atoms with van der Waals surface area (Å²) in [6.45, 7) is 1.61. The minimum absolute atomic E-state index is 0.172. The van der Waals surface area contributed by atoms with Crippen molar-refractivity contribution in [1.82, 2.24) is 4.98 Å². The van der Waals surface area contributed by atoms with Crippen LogP contribution >= 0.6 is 11.3 Å². The minimum Gasteiger partial charge on any atom is -0.354 e. The molecule has 4 heteroatoms. The second-order valence-corrected chi connectivity index (χ2v) is 7.19. The molecule has 1 N–H and O–H groups in total. The van der Waals surface area contributed by atoms with Crippen LogP contribution in [-0.4, -0.2) is 10.8 Å². The van der Waals surface area contributed by atoms with Crippen LogP contribution in [-0.2, 0) is 11.2 Å². The zero-order valence-electron chi connectivity index (χ0n) is 14.4. The van der Waals surface area contributed by atoms with E-state index in [2.05, 4.69) is 33.9 Å². The van der Waals surface area contributed by atoms with Gasteiger partial charge in [-0.15, -0.1) is 11.3 Å².